The molecule has 2 aromatic carbocycles. The first kappa shape index (κ1) is 18.5. The van der Waals surface area contributed by atoms with E-state index in [4.69, 9.17) is 4.74 Å². The lowest BCUT2D eigenvalue weighted by Gasteiger charge is -2.23. The molecule has 0 saturated heterocycles. The van der Waals surface area contributed by atoms with E-state index < -0.39 is 5.82 Å². The Kier molecular flexibility index (Phi) is 5.93. The number of aliphatic imine (C=N–C) groups is 1. The molecule has 0 spiro atoms. The smallest absolute Gasteiger partial charge is 0.185 e. The first-order valence-corrected chi connectivity index (χ1v) is 9.51. The van der Waals surface area contributed by atoms with Gasteiger partial charge in [-0.05, 0) is 36.2 Å². The first-order chi connectivity index (χ1) is 12.6. The van der Waals surface area contributed by atoms with Gasteiger partial charge in [0.2, 0.25) is 0 Å². The Morgan fingerprint density at radius 1 is 1.27 bits per heavy atom. The Bertz CT molecular complexity index is 821. The summed E-state index contributed by atoms with van der Waals surface area (Å²) in [5.41, 5.74) is 2.17. The molecule has 0 aliphatic carbocycles. The average molecular weight is 372 g/mol. The molecule has 4 nitrogen and oxygen atoms in total. The number of hydrogen-bond acceptors (Lipinski definition) is 5. The van der Waals surface area contributed by atoms with Crippen molar-refractivity contribution in [3.63, 3.8) is 0 Å². The van der Waals surface area contributed by atoms with Crippen molar-refractivity contribution in [2.45, 2.75) is 13.3 Å². The van der Waals surface area contributed by atoms with Crippen LogP contribution < -0.4 is 9.64 Å². The van der Waals surface area contributed by atoms with Crippen molar-refractivity contribution in [3.05, 3.63) is 59.4 Å². The van der Waals surface area contributed by atoms with Gasteiger partial charge in [-0.25, -0.2) is 4.39 Å². The number of carbonyl (C=O) groups excluding carboxylic acids is 1. The van der Waals surface area contributed by atoms with Crippen LogP contribution in [0.2, 0.25) is 0 Å². The van der Waals surface area contributed by atoms with Crippen LogP contribution in [0.3, 0.4) is 0 Å². The van der Waals surface area contributed by atoms with Gasteiger partial charge in [0.05, 0.1) is 25.8 Å². The third kappa shape index (κ3) is 4.07. The Morgan fingerprint density at radius 3 is 2.62 bits per heavy atom. The fourth-order valence-corrected chi connectivity index (χ4v) is 3.62. The second kappa shape index (κ2) is 8.36. The maximum absolute atomic E-state index is 14.3. The zero-order chi connectivity index (χ0) is 18.5. The first-order valence-electron chi connectivity index (χ1n) is 8.53. The molecule has 0 aromatic heterocycles. The van der Waals surface area contributed by atoms with Crippen LogP contribution in [0.15, 0.2) is 47.5 Å². The zero-order valence-electron chi connectivity index (χ0n) is 14.9. The third-order valence-electron chi connectivity index (χ3n) is 4.24. The summed E-state index contributed by atoms with van der Waals surface area (Å²) in [4.78, 5) is 19.1. The summed E-state index contributed by atoms with van der Waals surface area (Å²) >= 11 is 1.61. The number of carbonyl (C=O) groups is 1. The van der Waals surface area contributed by atoms with E-state index in [1.54, 1.807) is 17.8 Å². The molecule has 0 unspecified atom stereocenters. The van der Waals surface area contributed by atoms with Crippen LogP contribution in [0, 0.1) is 5.82 Å². The van der Waals surface area contributed by atoms with Crippen LogP contribution in [0.5, 0.6) is 5.75 Å². The maximum Gasteiger partial charge on any atom is 0.185 e. The van der Waals surface area contributed by atoms with Gasteiger partial charge in [-0.3, -0.25) is 9.79 Å². The molecule has 1 heterocycles. The van der Waals surface area contributed by atoms with Crippen LogP contribution in [0.25, 0.3) is 0 Å². The predicted molar refractivity (Wildman–Crippen MR) is 105 cm³/mol. The van der Waals surface area contributed by atoms with E-state index in [9.17, 15) is 9.18 Å². The number of hydrogen-bond donors (Lipinski definition) is 0. The molecule has 0 bridgehead atoms. The lowest BCUT2D eigenvalue weighted by Crippen LogP contribution is -2.33. The van der Waals surface area contributed by atoms with Crippen LogP contribution in [0.1, 0.15) is 22.8 Å². The summed E-state index contributed by atoms with van der Waals surface area (Å²) in [6.07, 6.45) is 0.950. The normalized spacial score (nSPS) is 13.4. The fraction of sp³-hybridized carbons (Fsp3) is 0.300. The Balaban J connectivity index is 1.86. The minimum absolute atomic E-state index is 0.0422. The summed E-state index contributed by atoms with van der Waals surface area (Å²) in [7, 11) is 1.47. The summed E-state index contributed by atoms with van der Waals surface area (Å²) in [6.45, 7) is 2.87. The topological polar surface area (TPSA) is 41.9 Å². The molecule has 3 rings (SSSR count). The van der Waals surface area contributed by atoms with Crippen molar-refractivity contribution in [1.29, 1.82) is 0 Å². The van der Waals surface area contributed by atoms with Crippen molar-refractivity contribution < 1.29 is 13.9 Å². The highest BCUT2D eigenvalue weighted by Gasteiger charge is 2.23. The lowest BCUT2D eigenvalue weighted by atomic mass is 10.1. The minimum Gasteiger partial charge on any atom is -0.497 e. The number of nitrogens with zero attached hydrogens (tertiary/aromatic N) is 2. The molecule has 0 amide bonds. The van der Waals surface area contributed by atoms with Crippen molar-refractivity contribution in [1.82, 2.24) is 0 Å². The number of amidine groups is 1. The molecule has 0 fully saturated rings. The molecular weight excluding hydrogens is 351 g/mol. The summed E-state index contributed by atoms with van der Waals surface area (Å²) in [6, 6.07) is 12.4. The van der Waals surface area contributed by atoms with E-state index in [0.717, 1.165) is 29.6 Å². The monoisotopic (exact) mass is 372 g/mol. The predicted octanol–water partition coefficient (Wildman–Crippen LogP) is 4.19. The van der Waals surface area contributed by atoms with Gasteiger partial charge in [0, 0.05) is 17.5 Å². The lowest BCUT2D eigenvalue weighted by molar-refractivity contribution is 0.0998. The van der Waals surface area contributed by atoms with Gasteiger partial charge in [-0.1, -0.05) is 30.8 Å². The van der Waals surface area contributed by atoms with Crippen molar-refractivity contribution in [2.24, 2.45) is 4.99 Å². The highest BCUT2D eigenvalue weighted by Crippen LogP contribution is 2.25. The highest BCUT2D eigenvalue weighted by atomic mass is 32.2. The summed E-state index contributed by atoms with van der Waals surface area (Å²) in [5.74, 6) is 0.419. The van der Waals surface area contributed by atoms with Crippen LogP contribution in [0.4, 0.5) is 10.1 Å². The molecule has 6 heteroatoms. The van der Waals surface area contributed by atoms with Crippen LogP contribution in [-0.4, -0.2) is 36.9 Å². The SMILES string of the molecule is CCc1ccc(N(CC(=O)c2ccc(OC)cc2F)C2=NCCS2)cc1. The van der Waals surface area contributed by atoms with Crippen molar-refractivity contribution in [2.75, 3.05) is 30.9 Å². The van der Waals surface area contributed by atoms with Gasteiger partial charge in [0.25, 0.3) is 0 Å². The number of rotatable bonds is 6. The van der Waals surface area contributed by atoms with Gasteiger partial charge in [0.15, 0.2) is 11.0 Å². The second-order valence-electron chi connectivity index (χ2n) is 5.89. The molecule has 0 radical (unpaired) electrons. The minimum atomic E-state index is -0.573. The Labute approximate surface area is 157 Å². The van der Waals surface area contributed by atoms with E-state index in [-0.39, 0.29) is 17.9 Å². The highest BCUT2D eigenvalue weighted by molar-refractivity contribution is 8.14. The van der Waals surface area contributed by atoms with Crippen LogP contribution in [-0.2, 0) is 6.42 Å². The fourth-order valence-electron chi connectivity index (χ4n) is 2.75. The molecular formula is C20H21FN2O2S. The number of aryl methyl sites for hydroxylation is 1. The maximum atomic E-state index is 14.3. The molecule has 1 aliphatic heterocycles. The second-order valence-corrected chi connectivity index (χ2v) is 6.95. The standard InChI is InChI=1S/C20H21FN2O2S/c1-3-14-4-6-15(7-5-14)23(20-22-10-11-26-20)13-19(24)17-9-8-16(25-2)12-18(17)21/h4-9,12H,3,10-11,13H2,1-2H3. The van der Waals surface area contributed by atoms with Gasteiger partial charge < -0.3 is 9.64 Å². The average Bonchev–Trinajstić information content (AvgIpc) is 3.20. The van der Waals surface area contributed by atoms with Gasteiger partial charge in [0.1, 0.15) is 11.6 Å². The van der Waals surface area contributed by atoms with E-state index in [0.29, 0.717) is 5.75 Å². The number of Topliss-reactive ketones (excluding diaryl/α,β-unsaturated/α-hetero) is 1. The van der Waals surface area contributed by atoms with Gasteiger partial charge >= 0.3 is 0 Å². The Morgan fingerprint density at radius 2 is 2.04 bits per heavy atom. The Hall–Kier alpha value is -2.34. The van der Waals surface area contributed by atoms with Gasteiger partial charge in [-0.2, -0.15) is 0 Å². The number of ether oxygens (including phenoxy) is 1. The number of methoxy groups -OCH3 is 1. The van der Waals surface area contributed by atoms with Gasteiger partial charge in [-0.15, -0.1) is 0 Å². The quantitative estimate of drug-likeness (QED) is 0.713. The number of thioether (sulfide) groups is 1. The third-order valence-corrected chi connectivity index (χ3v) is 5.23. The molecule has 0 atom stereocenters. The summed E-state index contributed by atoms with van der Waals surface area (Å²) < 4.78 is 19.3. The largest absolute Gasteiger partial charge is 0.497 e. The molecule has 1 aliphatic rings. The molecule has 0 N–H and O–H groups in total. The molecule has 2 aromatic rings. The van der Waals surface area contributed by atoms with Crippen molar-refractivity contribution in [3.8, 4) is 5.75 Å². The molecule has 26 heavy (non-hydrogen) atoms. The van der Waals surface area contributed by atoms with E-state index in [1.807, 2.05) is 29.2 Å². The van der Waals surface area contributed by atoms with Crippen LogP contribution >= 0.6 is 11.8 Å². The number of ketones is 1. The number of benzene rings is 2. The zero-order valence-corrected chi connectivity index (χ0v) is 15.7. The van der Waals surface area contributed by atoms with E-state index >= 15 is 0 Å². The van der Waals surface area contributed by atoms with Crippen molar-refractivity contribution >= 4 is 28.4 Å². The van der Waals surface area contributed by atoms with E-state index in [1.165, 1.54) is 24.8 Å². The molecule has 0 saturated carbocycles. The van der Waals surface area contributed by atoms with E-state index in [2.05, 4.69) is 11.9 Å². The number of anilines is 1. The number of halogens is 1. The molecule has 136 valence electrons. The summed E-state index contributed by atoms with van der Waals surface area (Å²) in [5, 5.41) is 0.802.